The molecule has 4 atom stereocenters. The molecule has 0 aromatic heterocycles. The van der Waals surface area contributed by atoms with Crippen LogP contribution in [0.3, 0.4) is 0 Å². The van der Waals surface area contributed by atoms with E-state index in [9.17, 15) is 9.59 Å². The fourth-order valence-electron chi connectivity index (χ4n) is 3.06. The zero-order valence-corrected chi connectivity index (χ0v) is 13.2. The third kappa shape index (κ3) is 3.74. The smallest absolute Gasteiger partial charge is 0.309 e. The first-order valence-corrected chi connectivity index (χ1v) is 7.60. The largest absolute Gasteiger partial charge is 0.458 e. The van der Waals surface area contributed by atoms with Crippen LogP contribution in [0.1, 0.15) is 47.0 Å². The summed E-state index contributed by atoms with van der Waals surface area (Å²) in [4.78, 5) is 23.1. The number of hydrogen-bond acceptors (Lipinski definition) is 4. The summed E-state index contributed by atoms with van der Waals surface area (Å²) in [6, 6.07) is 0. The monoisotopic (exact) mass is 292 g/mol. The SMILES string of the molecule is CC(=O)O[C@H]1C/C=C(/C)CC[C@@H]2[C@H](/C=C\1C)OC(=O)[C@@H]2C. The lowest BCUT2D eigenvalue weighted by Gasteiger charge is -2.23. The molecule has 21 heavy (non-hydrogen) atoms. The number of hydrogen-bond donors (Lipinski definition) is 0. The van der Waals surface area contributed by atoms with Gasteiger partial charge < -0.3 is 9.47 Å². The van der Waals surface area contributed by atoms with Crippen molar-refractivity contribution in [1.29, 1.82) is 0 Å². The van der Waals surface area contributed by atoms with E-state index in [4.69, 9.17) is 9.47 Å². The summed E-state index contributed by atoms with van der Waals surface area (Å²) < 4.78 is 10.9. The molecule has 2 aliphatic rings. The number of rotatable bonds is 1. The first-order chi connectivity index (χ1) is 9.88. The Balaban J connectivity index is 2.28. The summed E-state index contributed by atoms with van der Waals surface area (Å²) in [6.45, 7) is 7.38. The Morgan fingerprint density at radius 1 is 1.38 bits per heavy atom. The molecule has 116 valence electrons. The second kappa shape index (κ2) is 6.46. The van der Waals surface area contributed by atoms with Crippen LogP contribution in [0.5, 0.6) is 0 Å². The lowest BCUT2D eigenvalue weighted by molar-refractivity contribution is -0.145. The molecule has 0 N–H and O–H groups in total. The highest BCUT2D eigenvalue weighted by Gasteiger charge is 2.40. The number of ether oxygens (including phenoxy) is 2. The maximum atomic E-state index is 11.8. The Morgan fingerprint density at radius 2 is 2.10 bits per heavy atom. The average Bonchev–Trinajstić information content (AvgIpc) is 2.66. The molecule has 0 bridgehead atoms. The molecule has 1 heterocycles. The van der Waals surface area contributed by atoms with E-state index in [1.54, 1.807) is 0 Å². The molecule has 2 rings (SSSR count). The van der Waals surface area contributed by atoms with Gasteiger partial charge in [-0.15, -0.1) is 0 Å². The van der Waals surface area contributed by atoms with E-state index < -0.39 is 0 Å². The minimum absolute atomic E-state index is 0.0709. The van der Waals surface area contributed by atoms with E-state index >= 15 is 0 Å². The summed E-state index contributed by atoms with van der Waals surface area (Å²) in [5.41, 5.74) is 2.22. The first-order valence-electron chi connectivity index (χ1n) is 7.60. The molecule has 1 aliphatic carbocycles. The van der Waals surface area contributed by atoms with Gasteiger partial charge in [0, 0.05) is 19.3 Å². The molecule has 1 saturated heterocycles. The van der Waals surface area contributed by atoms with Crippen LogP contribution in [0.15, 0.2) is 23.3 Å². The molecule has 0 radical (unpaired) electrons. The van der Waals surface area contributed by atoms with E-state index in [0.717, 1.165) is 18.4 Å². The molecule has 0 amide bonds. The van der Waals surface area contributed by atoms with Crippen LogP contribution >= 0.6 is 0 Å². The molecule has 1 fully saturated rings. The average molecular weight is 292 g/mol. The van der Waals surface area contributed by atoms with Gasteiger partial charge >= 0.3 is 11.9 Å². The molecule has 0 aromatic rings. The van der Waals surface area contributed by atoms with E-state index in [-0.39, 0.29) is 36.0 Å². The van der Waals surface area contributed by atoms with Crippen molar-refractivity contribution in [2.75, 3.05) is 0 Å². The quantitative estimate of drug-likeness (QED) is 0.550. The summed E-state index contributed by atoms with van der Waals surface area (Å²) in [5, 5.41) is 0. The predicted molar refractivity (Wildman–Crippen MR) is 79.5 cm³/mol. The second-order valence-corrected chi connectivity index (χ2v) is 6.19. The third-order valence-electron chi connectivity index (χ3n) is 4.48. The Morgan fingerprint density at radius 3 is 2.76 bits per heavy atom. The van der Waals surface area contributed by atoms with Crippen molar-refractivity contribution in [2.45, 2.75) is 59.2 Å². The van der Waals surface area contributed by atoms with Gasteiger partial charge in [-0.25, -0.2) is 0 Å². The molecule has 0 unspecified atom stereocenters. The standard InChI is InChI=1S/C17H24O4/c1-10-5-7-14-12(3)17(19)21-16(14)9-11(2)15(8-6-10)20-13(4)18/h6,9,12,14-16H,5,7-8H2,1-4H3/b10-6-,11-9-/t12-,14+,15+,16+/m1/s1. The molecule has 4 heteroatoms. The minimum atomic E-state index is -0.288. The van der Waals surface area contributed by atoms with Gasteiger partial charge in [-0.2, -0.15) is 0 Å². The van der Waals surface area contributed by atoms with Crippen molar-refractivity contribution in [2.24, 2.45) is 11.8 Å². The maximum Gasteiger partial charge on any atom is 0.309 e. The first kappa shape index (κ1) is 15.8. The molecule has 0 aromatic carbocycles. The van der Waals surface area contributed by atoms with Gasteiger partial charge in [0.1, 0.15) is 12.2 Å². The van der Waals surface area contributed by atoms with Crippen LogP contribution < -0.4 is 0 Å². The molecule has 1 aliphatic heterocycles. The van der Waals surface area contributed by atoms with E-state index in [2.05, 4.69) is 13.0 Å². The van der Waals surface area contributed by atoms with E-state index in [0.29, 0.717) is 6.42 Å². The van der Waals surface area contributed by atoms with Gasteiger partial charge in [-0.3, -0.25) is 9.59 Å². The highest BCUT2D eigenvalue weighted by molar-refractivity contribution is 5.75. The van der Waals surface area contributed by atoms with Gasteiger partial charge in [0.2, 0.25) is 0 Å². The summed E-state index contributed by atoms with van der Waals surface area (Å²) >= 11 is 0. The van der Waals surface area contributed by atoms with Crippen LogP contribution in [0.25, 0.3) is 0 Å². The summed E-state index contributed by atoms with van der Waals surface area (Å²) in [6.07, 6.45) is 6.20. The Hall–Kier alpha value is -1.58. The molecular weight excluding hydrogens is 268 g/mol. The van der Waals surface area contributed by atoms with E-state index in [1.165, 1.54) is 12.5 Å². The van der Waals surface area contributed by atoms with Crippen LogP contribution in [-0.4, -0.2) is 24.1 Å². The second-order valence-electron chi connectivity index (χ2n) is 6.19. The highest BCUT2D eigenvalue weighted by Crippen LogP contribution is 2.35. The zero-order chi connectivity index (χ0) is 15.6. The van der Waals surface area contributed by atoms with Gasteiger partial charge in [0.15, 0.2) is 0 Å². The molecule has 0 spiro atoms. The maximum absolute atomic E-state index is 11.8. The third-order valence-corrected chi connectivity index (χ3v) is 4.48. The summed E-state index contributed by atoms with van der Waals surface area (Å²) in [5.74, 6) is -0.284. The van der Waals surface area contributed by atoms with Crippen molar-refractivity contribution >= 4 is 11.9 Å². The van der Waals surface area contributed by atoms with E-state index in [1.807, 2.05) is 19.9 Å². The van der Waals surface area contributed by atoms with Crippen molar-refractivity contribution in [1.82, 2.24) is 0 Å². The number of carbonyl (C=O) groups is 2. The molecular formula is C17H24O4. The number of carbonyl (C=O) groups excluding carboxylic acids is 2. The van der Waals surface area contributed by atoms with Crippen LogP contribution in [0.2, 0.25) is 0 Å². The highest BCUT2D eigenvalue weighted by atomic mass is 16.6. The van der Waals surface area contributed by atoms with Crippen LogP contribution in [0.4, 0.5) is 0 Å². The number of allylic oxidation sites excluding steroid dienone is 1. The van der Waals surface area contributed by atoms with Gasteiger partial charge in [0.05, 0.1) is 5.92 Å². The predicted octanol–water partition coefficient (Wildman–Crippen LogP) is 3.17. The number of esters is 2. The van der Waals surface area contributed by atoms with Crippen LogP contribution in [0, 0.1) is 11.8 Å². The fourth-order valence-corrected chi connectivity index (χ4v) is 3.06. The Kier molecular flexibility index (Phi) is 4.86. The van der Waals surface area contributed by atoms with Gasteiger partial charge in [-0.05, 0) is 38.3 Å². The Labute approximate surface area is 126 Å². The lowest BCUT2D eigenvalue weighted by atomic mass is 9.84. The van der Waals surface area contributed by atoms with Crippen molar-refractivity contribution in [3.05, 3.63) is 23.3 Å². The minimum Gasteiger partial charge on any atom is -0.458 e. The zero-order valence-electron chi connectivity index (χ0n) is 13.2. The molecule has 0 saturated carbocycles. The van der Waals surface area contributed by atoms with Crippen molar-refractivity contribution < 1.29 is 19.1 Å². The fraction of sp³-hybridized carbons (Fsp3) is 0.647. The molecule has 4 nitrogen and oxygen atoms in total. The van der Waals surface area contributed by atoms with Crippen molar-refractivity contribution in [3.63, 3.8) is 0 Å². The van der Waals surface area contributed by atoms with Gasteiger partial charge in [-0.1, -0.05) is 18.6 Å². The lowest BCUT2D eigenvalue weighted by Crippen LogP contribution is -2.23. The number of fused-ring (bicyclic) bond motifs is 1. The van der Waals surface area contributed by atoms with Crippen molar-refractivity contribution in [3.8, 4) is 0 Å². The van der Waals surface area contributed by atoms with Crippen LogP contribution in [-0.2, 0) is 19.1 Å². The van der Waals surface area contributed by atoms with Gasteiger partial charge in [0.25, 0.3) is 0 Å². The normalized spacial score (nSPS) is 38.4. The topological polar surface area (TPSA) is 52.6 Å². The summed E-state index contributed by atoms with van der Waals surface area (Å²) in [7, 11) is 0. The Bertz CT molecular complexity index is 489.